The van der Waals surface area contributed by atoms with Gasteiger partial charge in [-0.3, -0.25) is 9.59 Å². The molecule has 4 heteroatoms. The summed E-state index contributed by atoms with van der Waals surface area (Å²) >= 11 is 0. The second-order valence-electron chi connectivity index (χ2n) is 9.76. The van der Waals surface area contributed by atoms with Gasteiger partial charge < -0.3 is 9.47 Å². The summed E-state index contributed by atoms with van der Waals surface area (Å²) in [6.07, 6.45) is 5.78. The highest BCUT2D eigenvalue weighted by Crippen LogP contribution is 2.37. The minimum Gasteiger partial charge on any atom is -0.460 e. The van der Waals surface area contributed by atoms with Gasteiger partial charge in [-0.25, -0.2) is 0 Å². The van der Waals surface area contributed by atoms with Gasteiger partial charge in [0.15, 0.2) is 0 Å². The van der Waals surface area contributed by atoms with Crippen LogP contribution < -0.4 is 0 Å². The van der Waals surface area contributed by atoms with Crippen molar-refractivity contribution in [3.05, 3.63) is 0 Å². The van der Waals surface area contributed by atoms with Crippen LogP contribution in [0.2, 0.25) is 0 Å². The van der Waals surface area contributed by atoms with Crippen molar-refractivity contribution >= 4 is 11.9 Å². The maximum Gasteiger partial charge on any atom is 0.309 e. The monoisotopic (exact) mass is 368 g/mol. The summed E-state index contributed by atoms with van der Waals surface area (Å²) in [6, 6.07) is 0. The summed E-state index contributed by atoms with van der Waals surface area (Å²) in [4.78, 5) is 25.0. The van der Waals surface area contributed by atoms with Gasteiger partial charge >= 0.3 is 11.9 Å². The second-order valence-corrected chi connectivity index (χ2v) is 9.76. The van der Waals surface area contributed by atoms with Gasteiger partial charge in [-0.05, 0) is 72.1 Å². The standard InChI is InChI=1S/C22H40O4/c1-9-17(20(24)25-21(4,5)6)14-16(3)19(23)26-22(7,8)18-12-10-15(2)11-13-18/h15-18H,9-14H2,1-8H3. The number of carbonyl (C=O) groups excluding carboxylic acids is 2. The van der Waals surface area contributed by atoms with Crippen molar-refractivity contribution in [2.24, 2.45) is 23.7 Å². The lowest BCUT2D eigenvalue weighted by molar-refractivity contribution is -0.169. The van der Waals surface area contributed by atoms with Crippen LogP contribution in [0.5, 0.6) is 0 Å². The van der Waals surface area contributed by atoms with Crippen LogP contribution in [-0.2, 0) is 19.1 Å². The minimum atomic E-state index is -0.506. The summed E-state index contributed by atoms with van der Waals surface area (Å²) < 4.78 is 11.4. The Morgan fingerprint density at radius 1 is 0.962 bits per heavy atom. The third-order valence-corrected chi connectivity index (χ3v) is 5.64. The molecule has 1 rings (SSSR count). The third-order valence-electron chi connectivity index (χ3n) is 5.64. The summed E-state index contributed by atoms with van der Waals surface area (Å²) in [5.41, 5.74) is -0.951. The van der Waals surface area contributed by atoms with Crippen molar-refractivity contribution in [2.45, 2.75) is 105 Å². The van der Waals surface area contributed by atoms with Gasteiger partial charge in [-0.15, -0.1) is 0 Å². The third kappa shape index (κ3) is 7.28. The molecular weight excluding hydrogens is 328 g/mol. The zero-order valence-electron chi connectivity index (χ0n) is 18.2. The Hall–Kier alpha value is -1.06. The van der Waals surface area contributed by atoms with Crippen LogP contribution in [0.4, 0.5) is 0 Å². The molecule has 1 saturated carbocycles. The first-order valence-corrected chi connectivity index (χ1v) is 10.3. The molecule has 2 atom stereocenters. The van der Waals surface area contributed by atoms with Crippen molar-refractivity contribution < 1.29 is 19.1 Å². The van der Waals surface area contributed by atoms with Crippen LogP contribution in [-0.4, -0.2) is 23.1 Å². The maximum absolute atomic E-state index is 12.7. The highest BCUT2D eigenvalue weighted by Gasteiger charge is 2.37. The Balaban J connectivity index is 2.61. The van der Waals surface area contributed by atoms with E-state index in [9.17, 15) is 9.59 Å². The molecule has 0 radical (unpaired) electrons. The lowest BCUT2D eigenvalue weighted by Gasteiger charge is -2.38. The molecule has 0 aromatic carbocycles. The molecule has 26 heavy (non-hydrogen) atoms. The van der Waals surface area contributed by atoms with Crippen molar-refractivity contribution in [3.8, 4) is 0 Å². The molecule has 1 aliphatic rings. The van der Waals surface area contributed by atoms with E-state index in [1.54, 1.807) is 0 Å². The molecule has 0 bridgehead atoms. The molecule has 2 unspecified atom stereocenters. The maximum atomic E-state index is 12.7. The van der Waals surface area contributed by atoms with Gasteiger partial charge in [-0.2, -0.15) is 0 Å². The van der Waals surface area contributed by atoms with Gasteiger partial charge in [0.25, 0.3) is 0 Å². The first kappa shape index (κ1) is 23.0. The number of hydrogen-bond acceptors (Lipinski definition) is 4. The molecule has 0 saturated heterocycles. The van der Waals surface area contributed by atoms with Crippen molar-refractivity contribution in [2.75, 3.05) is 0 Å². The predicted molar refractivity (Wildman–Crippen MR) is 105 cm³/mol. The summed E-state index contributed by atoms with van der Waals surface area (Å²) in [5.74, 6) is 0.193. The molecule has 0 aromatic rings. The Morgan fingerprint density at radius 3 is 1.96 bits per heavy atom. The second kappa shape index (κ2) is 9.23. The van der Waals surface area contributed by atoms with Crippen LogP contribution in [0.25, 0.3) is 0 Å². The highest BCUT2D eigenvalue weighted by atomic mass is 16.6. The van der Waals surface area contributed by atoms with E-state index in [-0.39, 0.29) is 23.8 Å². The number of ether oxygens (including phenoxy) is 2. The zero-order valence-corrected chi connectivity index (χ0v) is 18.2. The van der Waals surface area contributed by atoms with Crippen LogP contribution in [0.15, 0.2) is 0 Å². The molecule has 0 amide bonds. The molecule has 0 spiro atoms. The Kier molecular flexibility index (Phi) is 8.16. The lowest BCUT2D eigenvalue weighted by Crippen LogP contribution is -2.40. The summed E-state index contributed by atoms with van der Waals surface area (Å²) in [7, 11) is 0. The fourth-order valence-corrected chi connectivity index (χ4v) is 3.74. The molecule has 0 aromatic heterocycles. The Labute approximate surface area is 160 Å². The fourth-order valence-electron chi connectivity index (χ4n) is 3.74. The van der Waals surface area contributed by atoms with Crippen LogP contribution >= 0.6 is 0 Å². The van der Waals surface area contributed by atoms with Crippen LogP contribution in [0.1, 0.15) is 93.9 Å². The molecule has 1 aliphatic carbocycles. The molecule has 152 valence electrons. The lowest BCUT2D eigenvalue weighted by atomic mass is 9.75. The molecular formula is C22H40O4. The molecule has 4 nitrogen and oxygen atoms in total. The Morgan fingerprint density at radius 2 is 1.50 bits per heavy atom. The average Bonchev–Trinajstić information content (AvgIpc) is 2.50. The van der Waals surface area contributed by atoms with E-state index < -0.39 is 11.2 Å². The summed E-state index contributed by atoms with van der Waals surface area (Å²) in [5, 5.41) is 0. The average molecular weight is 369 g/mol. The predicted octanol–water partition coefficient (Wildman–Crippen LogP) is 5.53. The van der Waals surface area contributed by atoms with E-state index in [0.29, 0.717) is 18.8 Å². The van der Waals surface area contributed by atoms with E-state index in [4.69, 9.17) is 9.47 Å². The van der Waals surface area contributed by atoms with E-state index >= 15 is 0 Å². The number of rotatable bonds is 7. The van der Waals surface area contributed by atoms with E-state index in [2.05, 4.69) is 6.92 Å². The van der Waals surface area contributed by atoms with Crippen LogP contribution in [0.3, 0.4) is 0 Å². The molecule has 1 fully saturated rings. The van der Waals surface area contributed by atoms with E-state index in [1.165, 1.54) is 12.8 Å². The first-order valence-electron chi connectivity index (χ1n) is 10.3. The quantitative estimate of drug-likeness (QED) is 0.555. The van der Waals surface area contributed by atoms with Crippen molar-refractivity contribution in [1.82, 2.24) is 0 Å². The molecule has 0 aliphatic heterocycles. The van der Waals surface area contributed by atoms with Crippen molar-refractivity contribution in [3.63, 3.8) is 0 Å². The first-order chi connectivity index (χ1) is 11.9. The van der Waals surface area contributed by atoms with Crippen molar-refractivity contribution in [1.29, 1.82) is 0 Å². The van der Waals surface area contributed by atoms with Gasteiger partial charge in [0, 0.05) is 0 Å². The summed E-state index contributed by atoms with van der Waals surface area (Å²) in [6.45, 7) is 15.8. The zero-order chi connectivity index (χ0) is 20.1. The smallest absolute Gasteiger partial charge is 0.309 e. The van der Waals surface area contributed by atoms with E-state index in [0.717, 1.165) is 18.8 Å². The fraction of sp³-hybridized carbons (Fsp3) is 0.909. The number of hydrogen-bond donors (Lipinski definition) is 0. The Bertz CT molecular complexity index is 467. The van der Waals surface area contributed by atoms with E-state index in [1.807, 2.05) is 48.5 Å². The SMILES string of the molecule is CCC(CC(C)C(=O)OC(C)(C)C1CCC(C)CC1)C(=O)OC(C)(C)C. The number of esters is 2. The molecule has 0 N–H and O–H groups in total. The largest absolute Gasteiger partial charge is 0.460 e. The van der Waals surface area contributed by atoms with Gasteiger partial charge in [0.05, 0.1) is 11.8 Å². The molecule has 0 heterocycles. The van der Waals surface area contributed by atoms with Gasteiger partial charge in [0.1, 0.15) is 11.2 Å². The number of carbonyl (C=O) groups is 2. The van der Waals surface area contributed by atoms with Gasteiger partial charge in [-0.1, -0.05) is 33.6 Å². The van der Waals surface area contributed by atoms with Crippen LogP contribution in [0, 0.1) is 23.7 Å². The minimum absolute atomic E-state index is 0.198. The topological polar surface area (TPSA) is 52.6 Å². The highest BCUT2D eigenvalue weighted by molar-refractivity contribution is 5.76. The van der Waals surface area contributed by atoms with Gasteiger partial charge in [0.2, 0.25) is 0 Å². The normalized spacial score (nSPS) is 23.8.